The first-order chi connectivity index (χ1) is 19.3. The van der Waals surface area contributed by atoms with E-state index in [9.17, 15) is 8.42 Å². The summed E-state index contributed by atoms with van der Waals surface area (Å²) in [4.78, 5) is 8.51. The Morgan fingerprint density at radius 3 is 2.27 bits per heavy atom. The van der Waals surface area contributed by atoms with Crippen molar-refractivity contribution in [2.24, 2.45) is 0 Å². The van der Waals surface area contributed by atoms with Gasteiger partial charge in [0.1, 0.15) is 28.5 Å². The van der Waals surface area contributed by atoms with Gasteiger partial charge in [0.2, 0.25) is 16.0 Å². The van der Waals surface area contributed by atoms with Crippen LogP contribution in [0.4, 0.5) is 5.95 Å². The number of benzene rings is 2. The Labute approximate surface area is 230 Å². The van der Waals surface area contributed by atoms with Gasteiger partial charge in [-0.05, 0) is 43.7 Å². The van der Waals surface area contributed by atoms with Gasteiger partial charge in [0.15, 0.2) is 22.9 Å². The van der Waals surface area contributed by atoms with Gasteiger partial charge in [0.25, 0.3) is 0 Å². The summed E-state index contributed by atoms with van der Waals surface area (Å²) in [5.74, 6) is 1.06. The molecule has 0 spiro atoms. The maximum Gasteiger partial charge on any atom is 0.243 e. The number of nitrogens with one attached hydrogen (secondary N) is 1. The van der Waals surface area contributed by atoms with E-state index in [0.29, 0.717) is 33.8 Å². The van der Waals surface area contributed by atoms with E-state index in [2.05, 4.69) is 30.0 Å². The Morgan fingerprint density at radius 2 is 1.62 bits per heavy atom. The smallest absolute Gasteiger partial charge is 0.243 e. The Balaban J connectivity index is 1.65. The highest BCUT2D eigenvalue weighted by molar-refractivity contribution is 7.93. The van der Waals surface area contributed by atoms with E-state index in [1.807, 2.05) is 25.1 Å². The molecule has 13 nitrogen and oxygen atoms in total. The molecule has 2 aromatic carbocycles. The number of aryl methyl sites for hydroxylation is 1. The summed E-state index contributed by atoms with van der Waals surface area (Å²) in [7, 11) is 0.225. The van der Waals surface area contributed by atoms with Crippen molar-refractivity contribution >= 4 is 26.9 Å². The van der Waals surface area contributed by atoms with Crippen LogP contribution in [0.1, 0.15) is 24.4 Å². The number of hydrogen-bond acceptors (Lipinski definition) is 11. The molecular weight excluding hydrogens is 538 g/mol. The highest BCUT2D eigenvalue weighted by Gasteiger charge is 2.35. The molecule has 0 radical (unpaired) electrons. The van der Waals surface area contributed by atoms with E-state index in [4.69, 9.17) is 18.7 Å². The number of hydrogen-bond donors (Lipinski definition) is 1. The van der Waals surface area contributed by atoms with E-state index in [-0.39, 0.29) is 17.6 Å². The summed E-state index contributed by atoms with van der Waals surface area (Å²) in [5, 5.41) is 12.2. The quantitative estimate of drug-likeness (QED) is 0.263. The van der Waals surface area contributed by atoms with Crippen molar-refractivity contribution in [1.82, 2.24) is 29.9 Å². The van der Waals surface area contributed by atoms with E-state index < -0.39 is 21.4 Å². The van der Waals surface area contributed by atoms with E-state index in [1.54, 1.807) is 36.7 Å². The first kappa shape index (κ1) is 27.0. The predicted octanol–water partition coefficient (Wildman–Crippen LogP) is 3.71. The fourth-order valence-corrected chi connectivity index (χ4v) is 5.38. The number of fused-ring (bicyclic) bond motifs is 1. The van der Waals surface area contributed by atoms with E-state index >= 15 is 0 Å². The third-order valence-corrected chi connectivity index (χ3v) is 8.03. The van der Waals surface area contributed by atoms with Crippen LogP contribution >= 0.6 is 0 Å². The zero-order chi connectivity index (χ0) is 28.4. The molecule has 2 atom stereocenters. The maximum atomic E-state index is 13.7. The zero-order valence-electron chi connectivity index (χ0n) is 22.4. The van der Waals surface area contributed by atoms with Crippen LogP contribution < -0.4 is 14.2 Å². The van der Waals surface area contributed by atoms with Crippen LogP contribution in [-0.4, -0.2) is 64.9 Å². The average Bonchev–Trinajstić information content (AvgIpc) is 3.57. The number of methoxy groups -OCH3 is 3. The lowest BCUT2D eigenvalue weighted by Crippen LogP contribution is -2.33. The van der Waals surface area contributed by atoms with Gasteiger partial charge in [-0.15, -0.1) is 10.2 Å². The highest BCUT2D eigenvalue weighted by Crippen LogP contribution is 2.39. The SMILES string of the molecule is COc1cccc(OC)c1-n1c(NS(=O)(=O)[C@@H](C)[C@H](OC)c2ncc(C)cn2)nnc1-c1noc2ccccc12. The fraction of sp³-hybridized carbons (Fsp3) is 0.269. The summed E-state index contributed by atoms with van der Waals surface area (Å²) in [6.07, 6.45) is 2.23. The Hall–Kier alpha value is -4.56. The zero-order valence-corrected chi connectivity index (χ0v) is 23.2. The van der Waals surface area contributed by atoms with Crippen LogP contribution in [0.15, 0.2) is 59.4 Å². The second kappa shape index (κ2) is 10.9. The fourth-order valence-electron chi connectivity index (χ4n) is 4.25. The number of anilines is 1. The second-order valence-corrected chi connectivity index (χ2v) is 10.9. The van der Waals surface area contributed by atoms with Gasteiger partial charge in [0, 0.05) is 19.5 Å². The normalized spacial score (nSPS) is 13.2. The van der Waals surface area contributed by atoms with E-state index in [1.165, 1.54) is 32.8 Å². The molecule has 1 N–H and O–H groups in total. The van der Waals surface area contributed by atoms with Gasteiger partial charge in [-0.1, -0.05) is 23.4 Å². The summed E-state index contributed by atoms with van der Waals surface area (Å²) in [6.45, 7) is 3.33. The van der Waals surface area contributed by atoms with Crippen LogP contribution in [0.2, 0.25) is 0 Å². The molecule has 0 saturated heterocycles. The minimum absolute atomic E-state index is 0.128. The number of nitrogens with zero attached hydrogens (tertiary/aromatic N) is 6. The van der Waals surface area contributed by atoms with Crippen molar-refractivity contribution in [1.29, 1.82) is 0 Å². The third kappa shape index (κ3) is 4.82. The standard InChI is InChI=1S/C26H27N7O6S/c1-15-13-27-24(28-14-15)23(38-5)16(2)40(34,35)32-26-30-29-25(21-17-9-6-7-10-18(17)39-31-21)33(26)22-19(36-3)11-8-12-20(22)37-4/h6-14,16,23H,1-5H3,(H,30,32)/t16-,23-/m0/s1. The maximum absolute atomic E-state index is 13.7. The Morgan fingerprint density at radius 1 is 0.950 bits per heavy atom. The molecule has 0 amide bonds. The summed E-state index contributed by atoms with van der Waals surface area (Å²) in [5.41, 5.74) is 2.06. The highest BCUT2D eigenvalue weighted by atomic mass is 32.2. The number of ether oxygens (including phenoxy) is 3. The average molecular weight is 566 g/mol. The molecule has 0 aliphatic rings. The van der Waals surface area contributed by atoms with Crippen molar-refractivity contribution in [3.8, 4) is 28.7 Å². The summed E-state index contributed by atoms with van der Waals surface area (Å²) >= 11 is 0. The Bertz CT molecular complexity index is 1730. The molecule has 0 unspecified atom stereocenters. The Kier molecular flexibility index (Phi) is 7.36. The van der Waals surface area contributed by atoms with Crippen LogP contribution in [0.3, 0.4) is 0 Å². The van der Waals surface area contributed by atoms with Crippen molar-refractivity contribution in [2.75, 3.05) is 26.1 Å². The number of sulfonamides is 1. The molecule has 5 aromatic rings. The minimum atomic E-state index is -4.15. The lowest BCUT2D eigenvalue weighted by atomic mass is 10.2. The van der Waals surface area contributed by atoms with Gasteiger partial charge < -0.3 is 18.7 Å². The van der Waals surface area contributed by atoms with Crippen LogP contribution in [0.25, 0.3) is 28.2 Å². The second-order valence-electron chi connectivity index (χ2n) is 8.85. The van der Waals surface area contributed by atoms with Crippen molar-refractivity contribution in [3.63, 3.8) is 0 Å². The first-order valence-corrected chi connectivity index (χ1v) is 13.7. The molecule has 40 heavy (non-hydrogen) atoms. The van der Waals surface area contributed by atoms with E-state index in [0.717, 1.165) is 5.56 Å². The van der Waals surface area contributed by atoms with Gasteiger partial charge in [0.05, 0.1) is 19.6 Å². The number of para-hydroxylation sites is 2. The molecule has 0 saturated carbocycles. The van der Waals surface area contributed by atoms with Gasteiger partial charge in [-0.25, -0.2) is 18.4 Å². The lowest BCUT2D eigenvalue weighted by molar-refractivity contribution is 0.0949. The van der Waals surface area contributed by atoms with Gasteiger partial charge in [-0.2, -0.15) is 0 Å². The van der Waals surface area contributed by atoms with Crippen molar-refractivity contribution in [2.45, 2.75) is 25.2 Å². The predicted molar refractivity (Wildman–Crippen MR) is 146 cm³/mol. The molecule has 208 valence electrons. The lowest BCUT2D eigenvalue weighted by Gasteiger charge is -2.22. The minimum Gasteiger partial charge on any atom is -0.494 e. The number of aromatic nitrogens is 6. The summed E-state index contributed by atoms with van der Waals surface area (Å²) < 4.78 is 53.7. The van der Waals surface area contributed by atoms with Crippen molar-refractivity contribution < 1.29 is 27.2 Å². The molecule has 3 aromatic heterocycles. The monoisotopic (exact) mass is 565 g/mol. The molecule has 0 aliphatic heterocycles. The molecule has 5 rings (SSSR count). The molecule has 0 aliphatic carbocycles. The van der Waals surface area contributed by atoms with Gasteiger partial charge >= 0.3 is 0 Å². The summed E-state index contributed by atoms with van der Waals surface area (Å²) in [6, 6.07) is 12.4. The molecule has 0 bridgehead atoms. The molecule has 14 heteroatoms. The first-order valence-electron chi connectivity index (χ1n) is 12.1. The molecular formula is C26H27N7O6S. The number of rotatable bonds is 10. The molecule has 0 fully saturated rings. The van der Waals surface area contributed by atoms with Crippen LogP contribution in [0.5, 0.6) is 11.5 Å². The van der Waals surface area contributed by atoms with Crippen LogP contribution in [0, 0.1) is 6.92 Å². The topological polar surface area (TPSA) is 156 Å². The van der Waals surface area contributed by atoms with Crippen molar-refractivity contribution in [3.05, 3.63) is 66.2 Å². The van der Waals surface area contributed by atoms with Crippen LogP contribution in [-0.2, 0) is 14.8 Å². The molecule has 3 heterocycles. The van der Waals surface area contributed by atoms with Gasteiger partial charge in [-0.3, -0.25) is 9.29 Å². The third-order valence-electron chi connectivity index (χ3n) is 6.34. The largest absolute Gasteiger partial charge is 0.494 e.